The number of ether oxygens (including phenoxy) is 1. The maximum atomic E-state index is 15.5. The zero-order chi connectivity index (χ0) is 30.2. The van der Waals surface area contributed by atoms with Crippen LogP contribution in [0.25, 0.3) is 22.3 Å². The molecule has 4 aromatic rings. The number of halogens is 1. The number of nitrogens with one attached hydrogen (secondary N) is 1. The van der Waals surface area contributed by atoms with Crippen molar-refractivity contribution in [2.75, 3.05) is 25.5 Å². The van der Waals surface area contributed by atoms with Crippen LogP contribution in [0.15, 0.2) is 54.6 Å². The number of fused-ring (bicyclic) bond motifs is 1. The van der Waals surface area contributed by atoms with Gasteiger partial charge >= 0.3 is 0 Å². The van der Waals surface area contributed by atoms with Crippen LogP contribution < -0.4 is 10.1 Å². The number of hydrogen-bond donors (Lipinski definition) is 3. The maximum absolute atomic E-state index is 15.5. The Kier molecular flexibility index (Phi) is 8.05. The van der Waals surface area contributed by atoms with E-state index in [1.807, 2.05) is 61.2 Å². The predicted octanol–water partition coefficient (Wildman–Crippen LogP) is 5.63. The van der Waals surface area contributed by atoms with E-state index in [1.165, 1.54) is 0 Å². The van der Waals surface area contributed by atoms with Gasteiger partial charge in [0.05, 0.1) is 25.0 Å². The third kappa shape index (κ3) is 5.68. The summed E-state index contributed by atoms with van der Waals surface area (Å²) in [6, 6.07) is 16.8. The largest absolute Gasteiger partial charge is 0.496 e. The van der Waals surface area contributed by atoms with Crippen molar-refractivity contribution in [1.82, 2.24) is 14.7 Å². The van der Waals surface area contributed by atoms with E-state index >= 15 is 4.39 Å². The first-order valence-corrected chi connectivity index (χ1v) is 14.8. The average molecular weight is 585 g/mol. The van der Waals surface area contributed by atoms with Crippen LogP contribution in [0.3, 0.4) is 0 Å². The first-order valence-electron chi connectivity index (χ1n) is 14.8. The number of carbonyl (C=O) groups excluding carboxylic acids is 1. The monoisotopic (exact) mass is 584 g/mol. The van der Waals surface area contributed by atoms with Crippen LogP contribution in [0.4, 0.5) is 10.1 Å². The summed E-state index contributed by atoms with van der Waals surface area (Å²) in [5.74, 6) is -0.184. The smallest absolute Gasteiger partial charge is 0.276 e. The molecule has 1 amide bonds. The average Bonchev–Trinajstić information content (AvgIpc) is 3.62. The van der Waals surface area contributed by atoms with Gasteiger partial charge in [-0.2, -0.15) is 5.10 Å². The van der Waals surface area contributed by atoms with E-state index in [4.69, 9.17) is 4.74 Å². The third-order valence-corrected chi connectivity index (χ3v) is 8.75. The Balaban J connectivity index is 1.29. The van der Waals surface area contributed by atoms with Crippen molar-refractivity contribution in [3.05, 3.63) is 88.5 Å². The van der Waals surface area contributed by atoms with Gasteiger partial charge in [-0.3, -0.25) is 14.4 Å². The van der Waals surface area contributed by atoms with Crippen molar-refractivity contribution in [3.63, 3.8) is 0 Å². The van der Waals surface area contributed by atoms with Crippen molar-refractivity contribution in [1.29, 1.82) is 0 Å². The molecule has 8 nitrogen and oxygen atoms in total. The number of nitrogens with zero attached hydrogens (tertiary/aromatic N) is 3. The van der Waals surface area contributed by atoms with E-state index in [0.29, 0.717) is 60.7 Å². The fourth-order valence-electron chi connectivity index (χ4n) is 6.34. The number of β-amino-alcohol motifs (C(OH)–C–C–N with tert-alkyl or cyclic N) is 1. The molecular formula is C34H37FN4O4. The van der Waals surface area contributed by atoms with Crippen LogP contribution in [-0.2, 0) is 13.1 Å². The summed E-state index contributed by atoms with van der Waals surface area (Å²) >= 11 is 0. The number of methoxy groups -OCH3 is 1. The lowest BCUT2D eigenvalue weighted by Gasteiger charge is -2.20. The maximum Gasteiger partial charge on any atom is 0.276 e. The Morgan fingerprint density at radius 1 is 1.02 bits per heavy atom. The Labute approximate surface area is 250 Å². The number of aliphatic hydroxyl groups excluding tert-OH is 2. The third-order valence-electron chi connectivity index (χ3n) is 8.75. The van der Waals surface area contributed by atoms with Crippen LogP contribution in [0.2, 0.25) is 0 Å². The van der Waals surface area contributed by atoms with E-state index in [-0.39, 0.29) is 23.5 Å². The van der Waals surface area contributed by atoms with E-state index in [9.17, 15) is 15.0 Å². The molecule has 0 spiro atoms. The van der Waals surface area contributed by atoms with Crippen LogP contribution in [0, 0.1) is 19.7 Å². The molecule has 2 aliphatic rings. The van der Waals surface area contributed by atoms with E-state index < -0.39 is 6.10 Å². The van der Waals surface area contributed by atoms with Gasteiger partial charge in [-0.1, -0.05) is 30.3 Å². The second-order valence-corrected chi connectivity index (χ2v) is 11.6. The summed E-state index contributed by atoms with van der Waals surface area (Å²) in [5.41, 5.74) is 7.50. The molecule has 2 aliphatic heterocycles. The van der Waals surface area contributed by atoms with Crippen molar-refractivity contribution in [2.45, 2.75) is 58.4 Å². The quantitative estimate of drug-likeness (QED) is 0.261. The molecule has 0 bridgehead atoms. The van der Waals surface area contributed by atoms with Crippen LogP contribution >= 0.6 is 0 Å². The van der Waals surface area contributed by atoms with Gasteiger partial charge in [-0.25, -0.2) is 4.39 Å². The number of likely N-dealkylation sites (tertiary alicyclic amines) is 1. The zero-order valence-corrected chi connectivity index (χ0v) is 24.7. The van der Waals surface area contributed by atoms with Gasteiger partial charge in [0.2, 0.25) is 0 Å². The summed E-state index contributed by atoms with van der Waals surface area (Å²) in [4.78, 5) is 15.2. The standard InChI is InChI=1S/C34H37FN4O4/c1-20-24(22-15-28(35)27(33(16-22)43-3)19-38-14-12-23(40)18-38)7-4-8-25(20)26-9-5-10-29(21(26)2)36-34(42)30-17-31-32(41)11-6-13-39(31)37-30/h4-5,7-10,15-17,23,32,40-41H,6,11-14,18-19H2,1-3H3,(H,36,42)/t23-,32?/m1/s1. The first-order chi connectivity index (χ1) is 20.7. The highest BCUT2D eigenvalue weighted by atomic mass is 19.1. The number of aromatic nitrogens is 2. The van der Waals surface area contributed by atoms with Crippen LogP contribution in [-0.4, -0.2) is 57.1 Å². The van der Waals surface area contributed by atoms with Crippen molar-refractivity contribution in [2.24, 2.45) is 0 Å². The number of anilines is 1. The number of aryl methyl sites for hydroxylation is 1. The van der Waals surface area contributed by atoms with Gasteiger partial charge in [0.25, 0.3) is 5.91 Å². The predicted molar refractivity (Wildman–Crippen MR) is 164 cm³/mol. The lowest BCUT2D eigenvalue weighted by atomic mass is 9.90. The summed E-state index contributed by atoms with van der Waals surface area (Å²) in [6.45, 7) is 6.29. The zero-order valence-electron chi connectivity index (χ0n) is 24.7. The number of aliphatic hydroxyl groups is 2. The van der Waals surface area contributed by atoms with Gasteiger partial charge in [0.15, 0.2) is 5.69 Å². The highest BCUT2D eigenvalue weighted by molar-refractivity contribution is 6.04. The summed E-state index contributed by atoms with van der Waals surface area (Å²) in [7, 11) is 1.55. The molecule has 1 unspecified atom stereocenters. The normalized spacial score (nSPS) is 18.5. The fraction of sp³-hybridized carbons (Fsp3) is 0.353. The Morgan fingerprint density at radius 3 is 2.49 bits per heavy atom. The second-order valence-electron chi connectivity index (χ2n) is 11.6. The van der Waals surface area contributed by atoms with E-state index in [1.54, 1.807) is 23.9 Å². The van der Waals surface area contributed by atoms with E-state index in [2.05, 4.69) is 10.4 Å². The number of amides is 1. The van der Waals surface area contributed by atoms with Gasteiger partial charge < -0.3 is 20.3 Å². The number of carbonyl (C=O) groups is 1. The fourth-order valence-corrected chi connectivity index (χ4v) is 6.34. The van der Waals surface area contributed by atoms with E-state index in [0.717, 1.165) is 40.8 Å². The molecule has 3 aromatic carbocycles. The van der Waals surface area contributed by atoms with Crippen molar-refractivity contribution < 1.29 is 24.1 Å². The second kappa shape index (κ2) is 11.9. The molecule has 0 aliphatic carbocycles. The molecule has 1 aromatic heterocycles. The molecular weight excluding hydrogens is 547 g/mol. The lowest BCUT2D eigenvalue weighted by molar-refractivity contribution is 0.102. The van der Waals surface area contributed by atoms with Crippen LogP contribution in [0.5, 0.6) is 5.75 Å². The van der Waals surface area contributed by atoms with Gasteiger partial charge in [-0.05, 0) is 90.8 Å². The van der Waals surface area contributed by atoms with Crippen molar-refractivity contribution >= 4 is 11.6 Å². The molecule has 0 radical (unpaired) electrons. The summed E-state index contributed by atoms with van der Waals surface area (Å²) in [5, 5.41) is 27.6. The lowest BCUT2D eigenvalue weighted by Crippen LogP contribution is -2.22. The van der Waals surface area contributed by atoms with Crippen molar-refractivity contribution in [3.8, 4) is 28.0 Å². The number of benzene rings is 3. The molecule has 3 N–H and O–H groups in total. The molecule has 43 heavy (non-hydrogen) atoms. The minimum atomic E-state index is -0.605. The molecule has 6 rings (SSSR count). The Hall–Kier alpha value is -4.05. The van der Waals surface area contributed by atoms with Gasteiger partial charge in [-0.15, -0.1) is 0 Å². The number of hydrogen-bond acceptors (Lipinski definition) is 6. The molecule has 1 fully saturated rings. The molecule has 0 saturated carbocycles. The summed E-state index contributed by atoms with van der Waals surface area (Å²) in [6.07, 6.45) is 1.20. The minimum Gasteiger partial charge on any atom is -0.496 e. The Morgan fingerprint density at radius 2 is 1.77 bits per heavy atom. The molecule has 2 atom stereocenters. The SMILES string of the molecule is COc1cc(-c2cccc(-c3cccc(NC(=O)c4cc5n(n4)CCCC5O)c3C)c2C)cc(F)c1CN1CC[C@@H](O)C1. The molecule has 9 heteroatoms. The Bertz CT molecular complexity index is 1680. The highest BCUT2D eigenvalue weighted by Gasteiger charge is 2.25. The summed E-state index contributed by atoms with van der Waals surface area (Å²) < 4.78 is 22.9. The molecule has 1 saturated heterocycles. The highest BCUT2D eigenvalue weighted by Crippen LogP contribution is 2.38. The van der Waals surface area contributed by atoms with Crippen LogP contribution in [0.1, 0.15) is 58.2 Å². The van der Waals surface area contributed by atoms with Gasteiger partial charge in [0, 0.05) is 37.4 Å². The van der Waals surface area contributed by atoms with Gasteiger partial charge in [0.1, 0.15) is 11.6 Å². The molecule has 224 valence electrons. The molecule has 3 heterocycles. The number of rotatable bonds is 7. The topological polar surface area (TPSA) is 99.8 Å². The minimum absolute atomic E-state index is 0.277. The first kappa shape index (κ1) is 29.0.